The minimum Gasteiger partial charge on any atom is -0.504 e. The lowest BCUT2D eigenvalue weighted by molar-refractivity contribution is -0.115. The van der Waals surface area contributed by atoms with E-state index >= 15 is 0 Å². The summed E-state index contributed by atoms with van der Waals surface area (Å²) < 4.78 is 26.5. The van der Waals surface area contributed by atoms with E-state index in [1.54, 1.807) is 24.3 Å². The van der Waals surface area contributed by atoms with Crippen LogP contribution in [0.25, 0.3) is 15.8 Å². The van der Waals surface area contributed by atoms with Crippen LogP contribution in [-0.2, 0) is 14.8 Å². The van der Waals surface area contributed by atoms with E-state index in [-0.39, 0.29) is 9.77 Å². The van der Waals surface area contributed by atoms with Crippen LogP contribution in [-0.4, -0.2) is 30.8 Å². The summed E-state index contributed by atoms with van der Waals surface area (Å²) >= 11 is 1.11. The second-order valence-corrected chi connectivity index (χ2v) is 7.25. The molecule has 8 heteroatoms. The summed E-state index contributed by atoms with van der Waals surface area (Å²) in [6.07, 6.45) is 0. The van der Waals surface area contributed by atoms with Gasteiger partial charge in [0.2, 0.25) is 0 Å². The number of amides is 1. The Morgan fingerprint density at radius 2 is 2.00 bits per heavy atom. The van der Waals surface area contributed by atoms with E-state index in [0.29, 0.717) is 10.1 Å². The standard InChI is InChI=1S/C12H10N2O4S2/c1-14-8(12(13)16)9(15)10-11(20(14,17)18)6-4-2-3-5-7(6)19-10/h2-5,15H,1H3,(H2,13,16). The molecule has 2 heterocycles. The van der Waals surface area contributed by atoms with E-state index in [0.717, 1.165) is 15.6 Å². The molecule has 0 fully saturated rings. The molecule has 0 spiro atoms. The van der Waals surface area contributed by atoms with Gasteiger partial charge in [-0.2, -0.15) is 0 Å². The highest BCUT2D eigenvalue weighted by Gasteiger charge is 2.39. The second kappa shape index (κ2) is 3.97. The van der Waals surface area contributed by atoms with E-state index in [4.69, 9.17) is 5.73 Å². The smallest absolute Gasteiger partial charge is 0.269 e. The molecule has 0 saturated carbocycles. The number of primary amides is 1. The second-order valence-electron chi connectivity index (χ2n) is 4.29. The molecule has 2 aromatic rings. The maximum Gasteiger partial charge on any atom is 0.269 e. The lowest BCUT2D eigenvalue weighted by atomic mass is 10.2. The summed E-state index contributed by atoms with van der Waals surface area (Å²) in [5, 5.41) is 10.7. The first-order valence-electron chi connectivity index (χ1n) is 5.59. The number of rotatable bonds is 1. The lowest BCUT2D eigenvalue weighted by Gasteiger charge is -2.25. The zero-order valence-electron chi connectivity index (χ0n) is 10.3. The topological polar surface area (TPSA) is 101 Å². The van der Waals surface area contributed by atoms with Crippen molar-refractivity contribution < 1.29 is 18.3 Å². The first kappa shape index (κ1) is 12.9. The van der Waals surface area contributed by atoms with Crippen molar-refractivity contribution in [3.8, 4) is 0 Å². The predicted octanol–water partition coefficient (Wildman–Crippen LogP) is 1.25. The van der Waals surface area contributed by atoms with Gasteiger partial charge in [-0.15, -0.1) is 11.3 Å². The SMILES string of the molecule is CN1C(C(N)=O)=C(O)c2sc3ccccc3c2S1(=O)=O. The van der Waals surface area contributed by atoms with Crippen LogP contribution in [0.5, 0.6) is 0 Å². The third kappa shape index (κ3) is 1.49. The molecule has 0 radical (unpaired) electrons. The quantitative estimate of drug-likeness (QED) is 0.827. The molecule has 3 N–H and O–H groups in total. The number of carbonyl (C=O) groups excluding carboxylic acids is 1. The predicted molar refractivity (Wildman–Crippen MR) is 75.5 cm³/mol. The Balaban J connectivity index is 2.51. The molecule has 1 aliphatic heterocycles. The molecule has 0 atom stereocenters. The van der Waals surface area contributed by atoms with Crippen LogP contribution >= 0.6 is 11.3 Å². The molecule has 3 rings (SSSR count). The van der Waals surface area contributed by atoms with Gasteiger partial charge < -0.3 is 10.8 Å². The number of carbonyl (C=O) groups is 1. The molecule has 6 nitrogen and oxygen atoms in total. The first-order chi connectivity index (χ1) is 9.35. The Hall–Kier alpha value is -2.06. The number of nitrogens with zero attached hydrogens (tertiary/aromatic N) is 1. The Morgan fingerprint density at radius 3 is 2.65 bits per heavy atom. The fraction of sp³-hybridized carbons (Fsp3) is 0.0833. The van der Waals surface area contributed by atoms with Crippen LogP contribution in [0.15, 0.2) is 34.9 Å². The van der Waals surface area contributed by atoms with Crippen molar-refractivity contribution >= 4 is 43.1 Å². The monoisotopic (exact) mass is 310 g/mol. The van der Waals surface area contributed by atoms with Crippen LogP contribution in [0.2, 0.25) is 0 Å². The Morgan fingerprint density at radius 1 is 1.35 bits per heavy atom. The summed E-state index contributed by atoms with van der Waals surface area (Å²) in [7, 11) is -2.71. The largest absolute Gasteiger partial charge is 0.504 e. The molecule has 0 aliphatic carbocycles. The fourth-order valence-electron chi connectivity index (χ4n) is 2.22. The first-order valence-corrected chi connectivity index (χ1v) is 7.85. The number of aliphatic hydroxyl groups excluding tert-OH is 1. The highest BCUT2D eigenvalue weighted by Crippen LogP contribution is 2.44. The molecule has 1 aromatic carbocycles. The molecular weight excluding hydrogens is 300 g/mol. The molecule has 0 bridgehead atoms. The summed E-state index contributed by atoms with van der Waals surface area (Å²) in [5.74, 6) is -1.39. The minimum absolute atomic E-state index is 0.0168. The highest BCUT2D eigenvalue weighted by molar-refractivity contribution is 7.89. The maximum atomic E-state index is 12.5. The molecule has 1 amide bonds. The average Bonchev–Trinajstić information content (AvgIpc) is 2.77. The van der Waals surface area contributed by atoms with Crippen LogP contribution in [0, 0.1) is 0 Å². The number of aliphatic hydroxyl groups is 1. The normalized spacial score (nSPS) is 17.4. The number of fused-ring (bicyclic) bond motifs is 3. The number of benzene rings is 1. The molecule has 0 saturated heterocycles. The van der Waals surface area contributed by atoms with Crippen molar-refractivity contribution in [2.75, 3.05) is 7.05 Å². The summed E-state index contributed by atoms with van der Waals surface area (Å²) in [4.78, 5) is 11.6. The molecule has 0 unspecified atom stereocenters. The van der Waals surface area contributed by atoms with Crippen molar-refractivity contribution in [1.82, 2.24) is 4.31 Å². The van der Waals surface area contributed by atoms with Crippen LogP contribution in [0.1, 0.15) is 4.88 Å². The van der Waals surface area contributed by atoms with Gasteiger partial charge in [-0.1, -0.05) is 18.2 Å². The van der Waals surface area contributed by atoms with Gasteiger partial charge in [-0.25, -0.2) is 8.42 Å². The highest BCUT2D eigenvalue weighted by atomic mass is 32.2. The van der Waals surface area contributed by atoms with Gasteiger partial charge in [0.25, 0.3) is 15.9 Å². The van der Waals surface area contributed by atoms with Crippen LogP contribution < -0.4 is 5.73 Å². The number of nitrogens with two attached hydrogens (primary N) is 1. The van der Waals surface area contributed by atoms with Gasteiger partial charge in [0.1, 0.15) is 4.90 Å². The van der Waals surface area contributed by atoms with E-state index in [1.165, 1.54) is 7.05 Å². The van der Waals surface area contributed by atoms with Gasteiger partial charge >= 0.3 is 0 Å². The maximum absolute atomic E-state index is 12.5. The van der Waals surface area contributed by atoms with E-state index < -0.39 is 27.4 Å². The Kier molecular flexibility index (Phi) is 2.57. The van der Waals surface area contributed by atoms with Gasteiger partial charge in [0.05, 0.1) is 4.88 Å². The number of likely N-dealkylation sites (N-methyl/N-ethyl adjacent to an activating group) is 1. The number of sulfonamides is 1. The molecular formula is C12H10N2O4S2. The van der Waals surface area contributed by atoms with Crippen molar-refractivity contribution in [3.05, 3.63) is 34.8 Å². The van der Waals surface area contributed by atoms with Crippen molar-refractivity contribution in [2.45, 2.75) is 4.90 Å². The van der Waals surface area contributed by atoms with E-state index in [9.17, 15) is 18.3 Å². The average molecular weight is 310 g/mol. The number of hydrogen-bond acceptors (Lipinski definition) is 5. The third-order valence-corrected chi connectivity index (χ3v) is 6.31. The zero-order chi connectivity index (χ0) is 14.7. The van der Waals surface area contributed by atoms with Crippen LogP contribution in [0.3, 0.4) is 0 Å². The van der Waals surface area contributed by atoms with E-state index in [1.807, 2.05) is 0 Å². The van der Waals surface area contributed by atoms with Crippen molar-refractivity contribution in [3.63, 3.8) is 0 Å². The summed E-state index contributed by atoms with van der Waals surface area (Å²) in [5.41, 5.74) is 4.75. The Bertz CT molecular complexity index is 880. The van der Waals surface area contributed by atoms with Crippen molar-refractivity contribution in [2.24, 2.45) is 5.73 Å². The zero-order valence-corrected chi connectivity index (χ0v) is 12.0. The summed E-state index contributed by atoms with van der Waals surface area (Å²) in [6, 6.07) is 6.91. The molecule has 1 aromatic heterocycles. The van der Waals surface area contributed by atoms with Crippen molar-refractivity contribution in [1.29, 1.82) is 0 Å². The van der Waals surface area contributed by atoms with Gasteiger partial charge in [0.15, 0.2) is 11.5 Å². The number of thiophene rings is 1. The fourth-order valence-corrected chi connectivity index (χ4v) is 5.25. The lowest BCUT2D eigenvalue weighted by Crippen LogP contribution is -2.37. The minimum atomic E-state index is -3.91. The molecule has 104 valence electrons. The molecule has 1 aliphatic rings. The Labute approximate surface area is 118 Å². The van der Waals surface area contributed by atoms with Gasteiger partial charge in [0, 0.05) is 17.1 Å². The third-order valence-electron chi connectivity index (χ3n) is 3.16. The van der Waals surface area contributed by atoms with Gasteiger partial charge in [-0.3, -0.25) is 9.10 Å². The summed E-state index contributed by atoms with van der Waals surface area (Å²) in [6.45, 7) is 0. The molecule has 20 heavy (non-hydrogen) atoms. The van der Waals surface area contributed by atoms with Crippen LogP contribution in [0.4, 0.5) is 0 Å². The number of hydrogen-bond donors (Lipinski definition) is 2. The van der Waals surface area contributed by atoms with E-state index in [2.05, 4.69) is 0 Å². The van der Waals surface area contributed by atoms with Gasteiger partial charge in [-0.05, 0) is 6.07 Å².